The van der Waals surface area contributed by atoms with E-state index in [1.807, 2.05) is 31.2 Å². The molecule has 5 heteroatoms. The molecule has 0 fully saturated rings. The summed E-state index contributed by atoms with van der Waals surface area (Å²) in [6.07, 6.45) is 4.07. The first kappa shape index (κ1) is 14.1. The quantitative estimate of drug-likeness (QED) is 0.626. The molecule has 0 spiro atoms. The van der Waals surface area contributed by atoms with Crippen molar-refractivity contribution in [3.05, 3.63) is 59.7 Å². The number of carbonyl (C=O) groups excluding carboxylic acids is 1. The minimum Gasteiger partial charge on any atom is -0.493 e. The molecule has 1 aliphatic rings. The minimum absolute atomic E-state index is 0.174. The monoisotopic (exact) mass is 297 g/mol. The Bertz CT molecular complexity index is 729. The summed E-state index contributed by atoms with van der Waals surface area (Å²) in [4.78, 5) is 16.1. The lowest BCUT2D eigenvalue weighted by molar-refractivity contribution is -0.130. The molecule has 0 radical (unpaired) electrons. The molecule has 1 aromatic carbocycles. The van der Waals surface area contributed by atoms with Gasteiger partial charge in [0, 0.05) is 5.56 Å². The number of benzene rings is 1. The van der Waals surface area contributed by atoms with Gasteiger partial charge in [0.2, 0.25) is 0 Å². The lowest BCUT2D eigenvalue weighted by Crippen LogP contribution is -2.04. The van der Waals surface area contributed by atoms with E-state index in [-0.39, 0.29) is 11.6 Å². The summed E-state index contributed by atoms with van der Waals surface area (Å²) in [6, 6.07) is 10.9. The second kappa shape index (κ2) is 6.30. The first-order chi connectivity index (χ1) is 10.8. The van der Waals surface area contributed by atoms with Crippen molar-refractivity contribution < 1.29 is 18.7 Å². The van der Waals surface area contributed by atoms with Crippen LogP contribution in [0.3, 0.4) is 0 Å². The van der Waals surface area contributed by atoms with Crippen molar-refractivity contribution in [1.29, 1.82) is 0 Å². The molecule has 2 heterocycles. The Morgan fingerprint density at radius 1 is 1.23 bits per heavy atom. The van der Waals surface area contributed by atoms with Crippen LogP contribution in [0.15, 0.2) is 57.8 Å². The van der Waals surface area contributed by atoms with E-state index in [0.29, 0.717) is 18.1 Å². The largest absolute Gasteiger partial charge is 0.493 e. The molecule has 112 valence electrons. The minimum atomic E-state index is -0.503. The van der Waals surface area contributed by atoms with Crippen molar-refractivity contribution in [2.24, 2.45) is 4.99 Å². The van der Waals surface area contributed by atoms with E-state index >= 15 is 0 Å². The highest BCUT2D eigenvalue weighted by atomic mass is 16.6. The number of esters is 1. The van der Waals surface area contributed by atoms with Crippen LogP contribution in [0, 0.1) is 0 Å². The van der Waals surface area contributed by atoms with Crippen LogP contribution in [-0.2, 0) is 9.53 Å². The van der Waals surface area contributed by atoms with Gasteiger partial charge in [-0.05, 0) is 30.7 Å². The smallest absolute Gasteiger partial charge is 0.363 e. The number of aliphatic imine (C=N–C) groups is 1. The Balaban J connectivity index is 1.90. The SMILES string of the molecule is CCCOc1ccccc1C=C1N=C(c2ccco2)OC1=O. The molecule has 2 aromatic rings. The maximum absolute atomic E-state index is 11.9. The zero-order valence-corrected chi connectivity index (χ0v) is 12.1. The van der Waals surface area contributed by atoms with Crippen molar-refractivity contribution in [2.45, 2.75) is 13.3 Å². The standard InChI is InChI=1S/C17H15NO4/c1-2-9-20-14-7-4-3-6-12(14)11-13-17(19)22-16(18-13)15-8-5-10-21-15/h3-8,10-11H,2,9H2,1H3. The molecule has 5 nitrogen and oxygen atoms in total. The third-order valence-electron chi connectivity index (χ3n) is 3.03. The molecular formula is C17H15NO4. The Kier molecular flexibility index (Phi) is 4.05. The third-order valence-corrected chi connectivity index (χ3v) is 3.03. The summed E-state index contributed by atoms with van der Waals surface area (Å²) in [7, 11) is 0. The molecule has 0 N–H and O–H groups in total. The zero-order valence-electron chi connectivity index (χ0n) is 12.1. The van der Waals surface area contributed by atoms with E-state index in [9.17, 15) is 4.79 Å². The first-order valence-electron chi connectivity index (χ1n) is 7.06. The van der Waals surface area contributed by atoms with Gasteiger partial charge in [-0.15, -0.1) is 0 Å². The zero-order chi connectivity index (χ0) is 15.4. The van der Waals surface area contributed by atoms with Gasteiger partial charge in [-0.1, -0.05) is 25.1 Å². The highest BCUT2D eigenvalue weighted by molar-refractivity contribution is 6.11. The predicted octanol–water partition coefficient (Wildman–Crippen LogP) is 3.41. The van der Waals surface area contributed by atoms with Gasteiger partial charge in [-0.2, -0.15) is 0 Å². The van der Waals surface area contributed by atoms with Gasteiger partial charge in [-0.25, -0.2) is 9.79 Å². The Morgan fingerprint density at radius 2 is 2.09 bits per heavy atom. The number of carbonyl (C=O) groups is 1. The molecule has 0 amide bonds. The maximum Gasteiger partial charge on any atom is 0.363 e. The van der Waals surface area contributed by atoms with Crippen molar-refractivity contribution in [3.8, 4) is 5.75 Å². The second-order valence-electron chi connectivity index (χ2n) is 4.70. The van der Waals surface area contributed by atoms with Crippen LogP contribution in [0.4, 0.5) is 0 Å². The van der Waals surface area contributed by atoms with Crippen molar-refractivity contribution >= 4 is 17.9 Å². The lowest BCUT2D eigenvalue weighted by atomic mass is 10.1. The van der Waals surface area contributed by atoms with Crippen LogP contribution in [-0.4, -0.2) is 18.5 Å². The molecule has 0 saturated heterocycles. The topological polar surface area (TPSA) is 61.0 Å². The van der Waals surface area contributed by atoms with Gasteiger partial charge in [0.25, 0.3) is 5.90 Å². The number of furan rings is 1. The maximum atomic E-state index is 11.9. The van der Waals surface area contributed by atoms with E-state index in [2.05, 4.69) is 4.99 Å². The average molecular weight is 297 g/mol. The van der Waals surface area contributed by atoms with Crippen LogP contribution in [0.1, 0.15) is 24.7 Å². The van der Waals surface area contributed by atoms with Crippen LogP contribution < -0.4 is 4.74 Å². The van der Waals surface area contributed by atoms with E-state index < -0.39 is 5.97 Å². The molecule has 0 saturated carbocycles. The number of cyclic esters (lactones) is 1. The molecule has 22 heavy (non-hydrogen) atoms. The highest BCUT2D eigenvalue weighted by Gasteiger charge is 2.26. The molecule has 0 unspecified atom stereocenters. The third kappa shape index (κ3) is 2.93. The Labute approximate surface area is 127 Å². The molecular weight excluding hydrogens is 282 g/mol. The number of rotatable bonds is 5. The van der Waals surface area contributed by atoms with Gasteiger partial charge >= 0.3 is 5.97 Å². The van der Waals surface area contributed by atoms with Crippen molar-refractivity contribution in [2.75, 3.05) is 6.61 Å². The van der Waals surface area contributed by atoms with E-state index in [1.165, 1.54) is 6.26 Å². The molecule has 3 rings (SSSR count). The fraction of sp³-hybridized carbons (Fsp3) is 0.176. The summed E-state index contributed by atoms with van der Waals surface area (Å²) in [5, 5.41) is 0. The number of hydrogen-bond donors (Lipinski definition) is 0. The molecule has 0 aliphatic carbocycles. The number of hydrogen-bond acceptors (Lipinski definition) is 5. The summed E-state index contributed by atoms with van der Waals surface area (Å²) in [5.74, 6) is 0.809. The van der Waals surface area contributed by atoms with Crippen molar-refractivity contribution in [3.63, 3.8) is 0 Å². The van der Waals surface area contributed by atoms with E-state index in [1.54, 1.807) is 18.2 Å². The van der Waals surface area contributed by atoms with Crippen LogP contribution in [0.25, 0.3) is 6.08 Å². The fourth-order valence-corrected chi connectivity index (χ4v) is 2.01. The van der Waals surface area contributed by atoms with Crippen molar-refractivity contribution in [1.82, 2.24) is 0 Å². The number of para-hydroxylation sites is 1. The molecule has 1 aromatic heterocycles. The molecule has 0 atom stereocenters. The average Bonchev–Trinajstić information content (AvgIpc) is 3.17. The summed E-state index contributed by atoms with van der Waals surface area (Å²) in [6.45, 7) is 2.65. The van der Waals surface area contributed by atoms with Crippen LogP contribution in [0.5, 0.6) is 5.75 Å². The summed E-state index contributed by atoms with van der Waals surface area (Å²) in [5.41, 5.74) is 1.01. The van der Waals surface area contributed by atoms with Gasteiger partial charge in [0.05, 0.1) is 12.9 Å². The number of ether oxygens (including phenoxy) is 2. The van der Waals surface area contributed by atoms with Crippen LogP contribution >= 0.6 is 0 Å². The number of nitrogens with zero attached hydrogens (tertiary/aromatic N) is 1. The van der Waals surface area contributed by atoms with Gasteiger partial charge in [0.1, 0.15) is 5.75 Å². The summed E-state index contributed by atoms with van der Waals surface area (Å²) >= 11 is 0. The van der Waals surface area contributed by atoms with E-state index in [0.717, 1.165) is 12.0 Å². The lowest BCUT2D eigenvalue weighted by Gasteiger charge is -2.07. The predicted molar refractivity (Wildman–Crippen MR) is 81.5 cm³/mol. The van der Waals surface area contributed by atoms with Crippen LogP contribution in [0.2, 0.25) is 0 Å². The molecule has 0 bridgehead atoms. The second-order valence-corrected chi connectivity index (χ2v) is 4.70. The highest BCUT2D eigenvalue weighted by Crippen LogP contribution is 2.24. The Morgan fingerprint density at radius 3 is 2.86 bits per heavy atom. The fourth-order valence-electron chi connectivity index (χ4n) is 2.01. The van der Waals surface area contributed by atoms with Gasteiger partial charge < -0.3 is 13.9 Å². The van der Waals surface area contributed by atoms with E-state index in [4.69, 9.17) is 13.9 Å². The first-order valence-corrected chi connectivity index (χ1v) is 7.06. The summed E-state index contributed by atoms with van der Waals surface area (Å²) < 4.78 is 16.0. The molecule has 1 aliphatic heterocycles. The Hall–Kier alpha value is -2.82. The normalized spacial score (nSPS) is 15.8. The van der Waals surface area contributed by atoms with Gasteiger partial charge in [0.15, 0.2) is 11.5 Å². The van der Waals surface area contributed by atoms with Gasteiger partial charge in [-0.3, -0.25) is 0 Å².